The topological polar surface area (TPSA) is 38.0 Å². The molecule has 1 aliphatic carbocycles. The van der Waals surface area contributed by atoms with Crippen molar-refractivity contribution < 1.29 is 0 Å². The molecular weight excluding hydrogens is 183 g/mol. The average molecular weight is 199 g/mol. The van der Waals surface area contributed by atoms with Gasteiger partial charge in [-0.1, -0.05) is 0 Å². The first-order valence-corrected chi connectivity index (χ1v) is 3.80. The fourth-order valence-electron chi connectivity index (χ4n) is 1.74. The van der Waals surface area contributed by atoms with Gasteiger partial charge in [-0.3, -0.25) is 0 Å². The third-order valence-corrected chi connectivity index (χ3v) is 2.79. The van der Waals surface area contributed by atoms with E-state index >= 15 is 0 Å². The summed E-state index contributed by atoms with van der Waals surface area (Å²) < 4.78 is 0. The van der Waals surface area contributed by atoms with Gasteiger partial charge in [-0.2, -0.15) is 0 Å². The van der Waals surface area contributed by atoms with Crippen molar-refractivity contribution in [1.82, 2.24) is 5.32 Å². The summed E-state index contributed by atoms with van der Waals surface area (Å²) >= 11 is 0. The number of nitrogens with one attached hydrogen (secondary N) is 1. The largest absolute Gasteiger partial charge is 0.327 e. The van der Waals surface area contributed by atoms with Crippen LogP contribution in [0.2, 0.25) is 0 Å². The summed E-state index contributed by atoms with van der Waals surface area (Å²) in [4.78, 5) is 0. The molecule has 2 aliphatic rings. The summed E-state index contributed by atoms with van der Waals surface area (Å²) in [6, 6.07) is 0.499. The Morgan fingerprint density at radius 3 is 2.27 bits per heavy atom. The highest BCUT2D eigenvalue weighted by atomic mass is 35.5. The van der Waals surface area contributed by atoms with Gasteiger partial charge in [0.05, 0.1) is 0 Å². The third-order valence-electron chi connectivity index (χ3n) is 2.79. The first-order valence-electron chi connectivity index (χ1n) is 3.80. The van der Waals surface area contributed by atoms with E-state index in [4.69, 9.17) is 5.73 Å². The molecule has 1 unspecified atom stereocenters. The van der Waals surface area contributed by atoms with Crippen LogP contribution in [0.4, 0.5) is 0 Å². The second-order valence-electron chi connectivity index (χ2n) is 3.43. The monoisotopic (exact) mass is 198 g/mol. The Morgan fingerprint density at radius 2 is 1.91 bits per heavy atom. The number of halogens is 2. The quantitative estimate of drug-likeness (QED) is 0.609. The van der Waals surface area contributed by atoms with Gasteiger partial charge in [0.25, 0.3) is 0 Å². The normalized spacial score (nSPS) is 31.9. The van der Waals surface area contributed by atoms with Gasteiger partial charge in [0.2, 0.25) is 0 Å². The average Bonchev–Trinajstić information content (AvgIpc) is 2.60. The zero-order valence-corrected chi connectivity index (χ0v) is 8.14. The highest BCUT2D eigenvalue weighted by Gasteiger charge is 2.48. The Hall–Kier alpha value is 0.500. The Labute approximate surface area is 80.1 Å². The second-order valence-corrected chi connectivity index (χ2v) is 3.43. The first-order chi connectivity index (χ1) is 4.33. The van der Waals surface area contributed by atoms with Crippen LogP contribution < -0.4 is 11.1 Å². The van der Waals surface area contributed by atoms with Gasteiger partial charge in [-0.25, -0.2) is 0 Å². The molecule has 1 saturated heterocycles. The van der Waals surface area contributed by atoms with E-state index in [2.05, 4.69) is 5.32 Å². The number of rotatable bonds is 0. The molecule has 0 aromatic carbocycles. The summed E-state index contributed by atoms with van der Waals surface area (Å²) in [5.41, 5.74) is 6.49. The van der Waals surface area contributed by atoms with Crippen LogP contribution in [0.3, 0.4) is 0 Å². The molecule has 0 bridgehead atoms. The molecule has 1 aliphatic heterocycles. The van der Waals surface area contributed by atoms with E-state index in [-0.39, 0.29) is 24.8 Å². The van der Waals surface area contributed by atoms with E-state index in [0.717, 1.165) is 6.54 Å². The van der Waals surface area contributed by atoms with E-state index in [0.29, 0.717) is 11.5 Å². The van der Waals surface area contributed by atoms with Crippen LogP contribution in [0.15, 0.2) is 0 Å². The third kappa shape index (κ3) is 2.00. The molecule has 11 heavy (non-hydrogen) atoms. The van der Waals surface area contributed by atoms with Gasteiger partial charge in [0.15, 0.2) is 0 Å². The molecule has 0 radical (unpaired) electrons. The van der Waals surface area contributed by atoms with Crippen molar-refractivity contribution in [1.29, 1.82) is 0 Å². The maximum Gasteiger partial charge on any atom is 0.0120 e. The zero-order chi connectivity index (χ0) is 6.32. The van der Waals surface area contributed by atoms with E-state index in [1.807, 2.05) is 0 Å². The SMILES string of the molecule is Cl.Cl.NC1CCNCC12CC2. The van der Waals surface area contributed by atoms with Crippen molar-refractivity contribution in [2.75, 3.05) is 13.1 Å². The van der Waals surface area contributed by atoms with Crippen molar-refractivity contribution in [3.63, 3.8) is 0 Å². The van der Waals surface area contributed by atoms with Crippen molar-refractivity contribution in [2.24, 2.45) is 11.1 Å². The Kier molecular flexibility index (Phi) is 4.12. The predicted molar refractivity (Wildman–Crippen MR) is 51.6 cm³/mol. The molecule has 4 heteroatoms. The fourth-order valence-corrected chi connectivity index (χ4v) is 1.74. The maximum atomic E-state index is 5.94. The molecule has 1 atom stereocenters. The number of hydrogen-bond donors (Lipinski definition) is 2. The van der Waals surface area contributed by atoms with E-state index in [1.165, 1.54) is 25.8 Å². The molecule has 0 amide bonds. The van der Waals surface area contributed by atoms with Crippen molar-refractivity contribution in [2.45, 2.75) is 25.3 Å². The Morgan fingerprint density at radius 1 is 1.27 bits per heavy atom. The molecule has 2 fully saturated rings. The number of nitrogens with two attached hydrogens (primary N) is 1. The van der Waals surface area contributed by atoms with Gasteiger partial charge < -0.3 is 11.1 Å². The van der Waals surface area contributed by atoms with Gasteiger partial charge in [0, 0.05) is 12.6 Å². The second kappa shape index (κ2) is 3.94. The highest BCUT2D eigenvalue weighted by molar-refractivity contribution is 5.85. The lowest BCUT2D eigenvalue weighted by Gasteiger charge is -2.28. The maximum absolute atomic E-state index is 5.94. The van der Waals surface area contributed by atoms with Crippen LogP contribution in [0.25, 0.3) is 0 Å². The van der Waals surface area contributed by atoms with E-state index in [9.17, 15) is 0 Å². The van der Waals surface area contributed by atoms with Crippen LogP contribution >= 0.6 is 24.8 Å². The van der Waals surface area contributed by atoms with Gasteiger partial charge in [0.1, 0.15) is 0 Å². The number of piperidine rings is 1. The molecule has 1 spiro atoms. The molecule has 3 N–H and O–H groups in total. The molecule has 0 aromatic heterocycles. The minimum Gasteiger partial charge on any atom is -0.327 e. The molecule has 0 aromatic rings. The molecule has 2 rings (SSSR count). The molecule has 1 saturated carbocycles. The van der Waals surface area contributed by atoms with Gasteiger partial charge >= 0.3 is 0 Å². The molecular formula is C7H16Cl2N2. The van der Waals surface area contributed by atoms with Crippen molar-refractivity contribution in [3.8, 4) is 0 Å². The lowest BCUT2D eigenvalue weighted by Crippen LogP contribution is -2.46. The van der Waals surface area contributed by atoms with Crippen LogP contribution in [0, 0.1) is 5.41 Å². The smallest absolute Gasteiger partial charge is 0.0120 e. The molecule has 2 nitrogen and oxygen atoms in total. The minimum atomic E-state index is 0. The predicted octanol–water partition coefficient (Wildman–Crippen LogP) is 0.931. The van der Waals surface area contributed by atoms with Gasteiger partial charge in [-0.05, 0) is 31.2 Å². The summed E-state index contributed by atoms with van der Waals surface area (Å²) in [6.45, 7) is 2.30. The summed E-state index contributed by atoms with van der Waals surface area (Å²) in [6.07, 6.45) is 3.91. The van der Waals surface area contributed by atoms with E-state index in [1.54, 1.807) is 0 Å². The van der Waals surface area contributed by atoms with Crippen LogP contribution in [0.5, 0.6) is 0 Å². The Balaban J connectivity index is 0.000000500. The Bertz CT molecular complexity index is 126. The lowest BCUT2D eigenvalue weighted by atomic mass is 9.91. The highest BCUT2D eigenvalue weighted by Crippen LogP contribution is 2.49. The summed E-state index contributed by atoms with van der Waals surface area (Å²) in [7, 11) is 0. The first kappa shape index (κ1) is 11.5. The van der Waals surface area contributed by atoms with Crippen LogP contribution in [-0.4, -0.2) is 19.1 Å². The summed E-state index contributed by atoms with van der Waals surface area (Å²) in [5, 5.41) is 3.39. The molecule has 1 heterocycles. The van der Waals surface area contributed by atoms with E-state index < -0.39 is 0 Å². The van der Waals surface area contributed by atoms with Crippen LogP contribution in [0.1, 0.15) is 19.3 Å². The van der Waals surface area contributed by atoms with Crippen molar-refractivity contribution >= 4 is 24.8 Å². The molecule has 68 valence electrons. The summed E-state index contributed by atoms with van der Waals surface area (Å²) in [5.74, 6) is 0. The van der Waals surface area contributed by atoms with Gasteiger partial charge in [-0.15, -0.1) is 24.8 Å². The minimum absolute atomic E-state index is 0. The van der Waals surface area contributed by atoms with Crippen molar-refractivity contribution in [3.05, 3.63) is 0 Å². The zero-order valence-electron chi connectivity index (χ0n) is 6.51. The van der Waals surface area contributed by atoms with Crippen LogP contribution in [-0.2, 0) is 0 Å². The lowest BCUT2D eigenvalue weighted by molar-refractivity contribution is 0.305. The standard InChI is InChI=1S/C7H14N2.2ClH/c8-6-1-4-9-5-7(6)2-3-7;;/h6,9H,1-5,8H2;2*1H. The fraction of sp³-hybridized carbons (Fsp3) is 1.00. The number of hydrogen-bond acceptors (Lipinski definition) is 2.